The molecule has 1 aliphatic carbocycles. The molecule has 0 saturated carbocycles. The van der Waals surface area contributed by atoms with E-state index in [4.69, 9.17) is 18.9 Å². The number of fused-ring (bicyclic) bond motifs is 4. The molecule has 7 atom stereocenters. The minimum atomic E-state index is -1.71. The molecule has 0 spiro atoms. The van der Waals surface area contributed by atoms with Crippen LogP contribution >= 0.6 is 0 Å². The summed E-state index contributed by atoms with van der Waals surface area (Å²) in [7, 11) is 3.35. The van der Waals surface area contributed by atoms with Crippen molar-refractivity contribution in [2.45, 2.75) is 101 Å². The molecule has 4 rings (SSSR count). The average molecular weight is 706 g/mol. The van der Waals surface area contributed by atoms with Gasteiger partial charge in [0.1, 0.15) is 35.7 Å². The predicted octanol–water partition coefficient (Wildman–Crippen LogP) is -0.571. The highest BCUT2D eigenvalue weighted by Gasteiger charge is 2.51. The Morgan fingerprint density at radius 2 is 1.58 bits per heavy atom. The van der Waals surface area contributed by atoms with Gasteiger partial charge in [0.25, 0.3) is 0 Å². The first-order chi connectivity index (χ1) is 23.5. The molecule has 6 bridgehead atoms. The molecule has 0 radical (unpaired) electrons. The number of esters is 2. The van der Waals surface area contributed by atoms with Gasteiger partial charge < -0.3 is 50.0 Å². The van der Waals surface area contributed by atoms with Crippen molar-refractivity contribution in [3.8, 4) is 11.5 Å². The molecule has 0 unspecified atom stereocenters. The molecule has 1 aromatic carbocycles. The third kappa shape index (κ3) is 8.70. The lowest BCUT2D eigenvalue weighted by atomic mass is 9.76. The Morgan fingerprint density at radius 3 is 2.14 bits per heavy atom. The van der Waals surface area contributed by atoms with Crippen LogP contribution in [0.1, 0.15) is 57.1 Å². The minimum absolute atomic E-state index is 0.0127. The number of hydrogen-bond acceptors (Lipinski definition) is 13. The van der Waals surface area contributed by atoms with E-state index in [1.54, 1.807) is 6.07 Å². The SMILES string of the molecule is COc1ccc2c3c1O[C@@H]1C[C@@](OC(=O)C[C@H](NC(=O)[C@H](C)O)C(=O)O)(CC=C1OC(=O)C[C@H](NC(=O)[C@H](C)O)C(=O)O)[C@@H](C2)N(C)CCC3. The summed E-state index contributed by atoms with van der Waals surface area (Å²) in [5.41, 5.74) is 0.359. The van der Waals surface area contributed by atoms with E-state index >= 15 is 0 Å². The first-order valence-electron chi connectivity index (χ1n) is 16.2. The summed E-state index contributed by atoms with van der Waals surface area (Å²) >= 11 is 0. The molecule has 0 aromatic heterocycles. The van der Waals surface area contributed by atoms with Crippen LogP contribution in [0, 0.1) is 0 Å². The number of carboxylic acid groups (broad SMARTS) is 2. The lowest BCUT2D eigenvalue weighted by molar-refractivity contribution is -0.176. The maximum absolute atomic E-state index is 13.6. The van der Waals surface area contributed by atoms with Crippen molar-refractivity contribution >= 4 is 35.7 Å². The third-order valence-corrected chi connectivity index (χ3v) is 9.07. The Bertz CT molecular complexity index is 1540. The van der Waals surface area contributed by atoms with Crippen LogP contribution in [0.5, 0.6) is 11.5 Å². The number of carbonyl (C=O) groups is 6. The Labute approximate surface area is 287 Å². The van der Waals surface area contributed by atoms with Gasteiger partial charge in [0, 0.05) is 18.4 Å². The molecule has 0 saturated heterocycles. The van der Waals surface area contributed by atoms with Crippen LogP contribution in [0.3, 0.4) is 0 Å². The van der Waals surface area contributed by atoms with E-state index < -0.39 is 90.6 Å². The monoisotopic (exact) mass is 705 g/mol. The minimum Gasteiger partial charge on any atom is -0.493 e. The molecule has 50 heavy (non-hydrogen) atoms. The van der Waals surface area contributed by atoms with Gasteiger partial charge in [-0.15, -0.1) is 0 Å². The number of ether oxygens (including phenoxy) is 4. The van der Waals surface area contributed by atoms with Crippen LogP contribution in [-0.2, 0) is 51.1 Å². The molecule has 2 amide bonds. The zero-order valence-corrected chi connectivity index (χ0v) is 28.2. The van der Waals surface area contributed by atoms with E-state index in [0.29, 0.717) is 37.3 Å². The van der Waals surface area contributed by atoms with Crippen LogP contribution in [0.2, 0.25) is 0 Å². The summed E-state index contributed by atoms with van der Waals surface area (Å²) < 4.78 is 24.0. The second-order valence-electron chi connectivity index (χ2n) is 12.7. The normalized spacial score (nSPS) is 23.7. The number of rotatable bonds is 13. The Kier molecular flexibility index (Phi) is 12.1. The van der Waals surface area contributed by atoms with E-state index in [0.717, 1.165) is 25.0 Å². The number of benzene rings is 1. The van der Waals surface area contributed by atoms with Crippen molar-refractivity contribution in [3.05, 3.63) is 35.1 Å². The molecule has 2 aliphatic heterocycles. The predicted molar refractivity (Wildman–Crippen MR) is 170 cm³/mol. The van der Waals surface area contributed by atoms with Crippen LogP contribution < -0.4 is 20.1 Å². The number of aliphatic hydroxyl groups is 2. The highest BCUT2D eigenvalue weighted by atomic mass is 16.6. The quantitative estimate of drug-likeness (QED) is 0.141. The van der Waals surface area contributed by atoms with E-state index in [2.05, 4.69) is 10.6 Å². The van der Waals surface area contributed by atoms with Gasteiger partial charge >= 0.3 is 23.9 Å². The first kappa shape index (κ1) is 38.1. The lowest BCUT2D eigenvalue weighted by Gasteiger charge is -2.47. The Hall–Kier alpha value is -4.74. The zero-order valence-electron chi connectivity index (χ0n) is 28.2. The maximum atomic E-state index is 13.6. The molecule has 2 heterocycles. The number of aliphatic hydroxyl groups excluding tert-OH is 2. The topological polar surface area (TPSA) is 248 Å². The number of carbonyl (C=O) groups excluding carboxylic acids is 4. The fraction of sp³-hybridized carbons (Fsp3) is 0.576. The summed E-state index contributed by atoms with van der Waals surface area (Å²) in [5, 5.41) is 42.6. The van der Waals surface area contributed by atoms with Crippen molar-refractivity contribution in [3.63, 3.8) is 0 Å². The van der Waals surface area contributed by atoms with Crippen molar-refractivity contribution in [2.75, 3.05) is 20.7 Å². The standard InChI is InChI=1S/C33H43N3O14/c1-16(37)29(41)34-20(31(43)44)13-26(39)48-22-9-10-33(50-27(40)14-21(32(45)46)35-30(42)17(2)38)15-24(22)49-28-19-6-5-11-36(3)25(33)12-18(19)7-8-23(28)47-4/h7-9,16-17,20-21,24-25,37-38H,5-6,10-15H2,1-4H3,(H,34,41)(H,35,42)(H,43,44)(H,45,46)/t16-,17-,20-,21-,24+,25+,33-/m0/s1. The van der Waals surface area contributed by atoms with Gasteiger partial charge in [-0.25, -0.2) is 9.59 Å². The maximum Gasteiger partial charge on any atom is 0.326 e. The summed E-state index contributed by atoms with van der Waals surface area (Å²) in [4.78, 5) is 76.5. The van der Waals surface area contributed by atoms with Crippen LogP contribution in [-0.4, -0.2) is 124 Å². The first-order valence-corrected chi connectivity index (χ1v) is 16.2. The van der Waals surface area contributed by atoms with Gasteiger partial charge in [0.05, 0.1) is 26.0 Å². The number of nitrogens with one attached hydrogen (secondary N) is 2. The number of carboxylic acids is 2. The molecule has 17 nitrogen and oxygen atoms in total. The highest BCUT2D eigenvalue weighted by Crippen LogP contribution is 2.46. The molecule has 274 valence electrons. The molecular weight excluding hydrogens is 662 g/mol. The molecule has 1 aromatic rings. The summed E-state index contributed by atoms with van der Waals surface area (Å²) in [6.07, 6.45) is -2.64. The van der Waals surface area contributed by atoms with E-state index in [1.165, 1.54) is 13.2 Å². The fourth-order valence-electron chi connectivity index (χ4n) is 6.45. The lowest BCUT2D eigenvalue weighted by Crippen LogP contribution is -2.59. The smallest absolute Gasteiger partial charge is 0.326 e. The molecule has 17 heteroatoms. The van der Waals surface area contributed by atoms with Crippen LogP contribution in [0.25, 0.3) is 0 Å². The van der Waals surface area contributed by atoms with Gasteiger partial charge in [-0.2, -0.15) is 0 Å². The molecule has 3 aliphatic rings. The zero-order chi connectivity index (χ0) is 36.9. The van der Waals surface area contributed by atoms with E-state index in [1.807, 2.05) is 18.0 Å². The Morgan fingerprint density at radius 1 is 0.980 bits per heavy atom. The van der Waals surface area contributed by atoms with Gasteiger partial charge in [-0.3, -0.25) is 24.1 Å². The van der Waals surface area contributed by atoms with Crippen molar-refractivity contribution in [2.24, 2.45) is 0 Å². The van der Waals surface area contributed by atoms with Gasteiger partial charge in [-0.05, 0) is 64.4 Å². The second kappa shape index (κ2) is 15.9. The summed E-state index contributed by atoms with van der Waals surface area (Å²) in [6.45, 7) is 2.88. The van der Waals surface area contributed by atoms with Crippen molar-refractivity contribution in [1.82, 2.24) is 15.5 Å². The van der Waals surface area contributed by atoms with Crippen LogP contribution in [0.15, 0.2) is 24.0 Å². The Balaban J connectivity index is 1.72. The van der Waals surface area contributed by atoms with Crippen molar-refractivity contribution < 1.29 is 68.1 Å². The number of amides is 2. The van der Waals surface area contributed by atoms with Gasteiger partial charge in [-0.1, -0.05) is 6.07 Å². The largest absolute Gasteiger partial charge is 0.493 e. The molecular formula is C33H43N3O14. The molecule has 6 N–H and O–H groups in total. The number of hydrogen-bond donors (Lipinski definition) is 6. The van der Waals surface area contributed by atoms with Crippen LogP contribution in [0.4, 0.5) is 0 Å². The number of methoxy groups -OCH3 is 1. The number of nitrogens with zero attached hydrogens (tertiary/aromatic N) is 1. The fourth-order valence-corrected chi connectivity index (χ4v) is 6.45. The van der Waals surface area contributed by atoms with Gasteiger partial charge in [0.15, 0.2) is 17.6 Å². The van der Waals surface area contributed by atoms with Crippen molar-refractivity contribution in [1.29, 1.82) is 0 Å². The third-order valence-electron chi connectivity index (χ3n) is 9.07. The molecule has 0 fully saturated rings. The highest BCUT2D eigenvalue weighted by molar-refractivity contribution is 5.89. The number of aliphatic carboxylic acids is 2. The second-order valence-corrected chi connectivity index (χ2v) is 12.7. The average Bonchev–Trinajstić information content (AvgIpc) is 3.04. The summed E-state index contributed by atoms with van der Waals surface area (Å²) in [6, 6.07) is -0.265. The van der Waals surface area contributed by atoms with E-state index in [-0.39, 0.29) is 18.6 Å². The van der Waals surface area contributed by atoms with E-state index in [9.17, 15) is 49.2 Å². The number of likely N-dealkylation sites (N-methyl/N-ethyl adjacent to an activating group) is 1. The summed E-state index contributed by atoms with van der Waals surface area (Å²) in [5.74, 6) is -6.22. The van der Waals surface area contributed by atoms with Gasteiger partial charge in [0.2, 0.25) is 11.8 Å².